The molecule has 6 nitrogen and oxygen atoms in total. The van der Waals surface area contributed by atoms with Crippen LogP contribution in [0.5, 0.6) is 0 Å². The number of aliphatic hydroxyl groups is 1. The predicted octanol–water partition coefficient (Wildman–Crippen LogP) is 4.27. The predicted molar refractivity (Wildman–Crippen MR) is 130 cm³/mol. The van der Waals surface area contributed by atoms with E-state index in [9.17, 15) is 18.5 Å². The molecule has 8 heteroatoms. The van der Waals surface area contributed by atoms with Gasteiger partial charge in [-0.05, 0) is 60.9 Å². The van der Waals surface area contributed by atoms with E-state index in [0.717, 1.165) is 24.8 Å². The molecule has 178 valence electrons. The van der Waals surface area contributed by atoms with Crippen molar-refractivity contribution in [3.05, 3.63) is 71.2 Å². The van der Waals surface area contributed by atoms with Crippen molar-refractivity contribution in [2.24, 2.45) is 22.7 Å². The van der Waals surface area contributed by atoms with Crippen molar-refractivity contribution in [2.75, 3.05) is 18.6 Å². The lowest BCUT2D eigenvalue weighted by atomic mass is 9.77. The molecule has 5 atom stereocenters. The molecule has 5 rings (SSSR count). The summed E-state index contributed by atoms with van der Waals surface area (Å²) >= 11 is 0. The number of nitrogens with one attached hydrogen (secondary N) is 1. The van der Waals surface area contributed by atoms with E-state index in [1.165, 1.54) is 12.1 Å². The number of para-hydroxylation sites is 1. The Morgan fingerprint density at radius 1 is 1.18 bits per heavy atom. The maximum atomic E-state index is 13.9. The van der Waals surface area contributed by atoms with Gasteiger partial charge in [0.05, 0.1) is 21.4 Å². The maximum Gasteiger partial charge on any atom is 0.261 e. The van der Waals surface area contributed by atoms with E-state index < -0.39 is 10.8 Å². The van der Waals surface area contributed by atoms with E-state index in [2.05, 4.69) is 10.3 Å². The summed E-state index contributed by atoms with van der Waals surface area (Å²) in [5, 5.41) is 14.6. The van der Waals surface area contributed by atoms with Gasteiger partial charge in [-0.25, -0.2) is 4.39 Å². The molecule has 34 heavy (non-hydrogen) atoms. The Balaban J connectivity index is 1.54. The number of hydrogen-bond donors (Lipinski definition) is 2. The van der Waals surface area contributed by atoms with Crippen LogP contribution in [-0.2, 0) is 22.1 Å². The zero-order chi connectivity index (χ0) is 24.0. The lowest BCUT2D eigenvalue weighted by molar-refractivity contribution is -0.134. The number of hydrogen-bond acceptors (Lipinski definition) is 4. The molecule has 2 N–H and O–H groups in total. The minimum Gasteiger partial charge on any atom is -0.511 e. The van der Waals surface area contributed by atoms with Crippen molar-refractivity contribution in [3.8, 4) is 0 Å². The van der Waals surface area contributed by atoms with Gasteiger partial charge in [0.25, 0.3) is 5.91 Å². The third-order valence-corrected chi connectivity index (χ3v) is 8.43. The Morgan fingerprint density at radius 3 is 2.59 bits per heavy atom. The van der Waals surface area contributed by atoms with Crippen LogP contribution < -0.4 is 5.32 Å². The van der Waals surface area contributed by atoms with Crippen LogP contribution >= 0.6 is 0 Å². The van der Waals surface area contributed by atoms with Crippen molar-refractivity contribution in [1.29, 1.82) is 0 Å². The number of carbonyl (C=O) groups is 1. The molecule has 0 radical (unpaired) electrons. The van der Waals surface area contributed by atoms with Crippen LogP contribution in [0.3, 0.4) is 0 Å². The number of amides is 1. The number of aliphatic hydroxyl groups excluding tert-OH is 1. The van der Waals surface area contributed by atoms with E-state index in [1.807, 2.05) is 11.0 Å². The monoisotopic (exact) mass is 481 g/mol. The van der Waals surface area contributed by atoms with Crippen molar-refractivity contribution < 1.29 is 18.5 Å². The molecule has 1 unspecified atom stereocenters. The second kappa shape index (κ2) is 8.98. The second-order valence-electron chi connectivity index (χ2n) is 9.32. The first-order valence-corrected chi connectivity index (χ1v) is 13.1. The molecule has 2 aromatic carbocycles. The molecule has 3 aliphatic rings. The van der Waals surface area contributed by atoms with Crippen LogP contribution in [0.25, 0.3) is 0 Å². The summed E-state index contributed by atoms with van der Waals surface area (Å²) in [7, 11) is 0.324. The maximum absolute atomic E-state index is 13.9. The summed E-state index contributed by atoms with van der Waals surface area (Å²) in [6, 6.07) is 13.3. The smallest absolute Gasteiger partial charge is 0.261 e. The Kier molecular flexibility index (Phi) is 6.02. The van der Waals surface area contributed by atoms with Crippen molar-refractivity contribution in [3.63, 3.8) is 0 Å². The minimum absolute atomic E-state index is 0.0754. The quantitative estimate of drug-likeness (QED) is 0.494. The molecular weight excluding hydrogens is 453 g/mol. The van der Waals surface area contributed by atoms with Gasteiger partial charge in [0.2, 0.25) is 0 Å². The third-order valence-electron chi connectivity index (χ3n) is 7.46. The van der Waals surface area contributed by atoms with Crippen molar-refractivity contribution in [1.82, 2.24) is 4.90 Å². The first-order chi connectivity index (χ1) is 16.4. The molecule has 0 aromatic heterocycles. The zero-order valence-electron chi connectivity index (χ0n) is 19.2. The number of rotatable bonds is 5. The van der Waals surface area contributed by atoms with Gasteiger partial charge < -0.3 is 15.3 Å². The first kappa shape index (κ1) is 22.8. The number of carbonyl (C=O) groups excluding carboxylic acids is 1. The molecule has 1 heterocycles. The van der Waals surface area contributed by atoms with Crippen LogP contribution in [0.1, 0.15) is 24.8 Å². The number of aliphatic imine (C=N–C) groups is 1. The summed E-state index contributed by atoms with van der Waals surface area (Å²) in [4.78, 5) is 20.6. The van der Waals surface area contributed by atoms with Crippen LogP contribution in [0.15, 0.2) is 69.8 Å². The summed E-state index contributed by atoms with van der Waals surface area (Å²) in [5.41, 5.74) is 1.58. The fourth-order valence-corrected chi connectivity index (χ4v) is 6.71. The van der Waals surface area contributed by atoms with E-state index in [1.54, 1.807) is 43.6 Å². The number of benzene rings is 2. The van der Waals surface area contributed by atoms with Crippen LogP contribution in [-0.4, -0.2) is 45.3 Å². The number of halogens is 1. The minimum atomic E-state index is -1.24. The van der Waals surface area contributed by atoms with Gasteiger partial charge in [-0.1, -0.05) is 24.3 Å². The first-order valence-electron chi connectivity index (χ1n) is 11.5. The second-order valence-corrected chi connectivity index (χ2v) is 10.7. The molecule has 2 saturated carbocycles. The fourth-order valence-electron chi connectivity index (χ4n) is 6.01. The number of nitrogens with zero attached hydrogens (tertiary/aromatic N) is 2. The van der Waals surface area contributed by atoms with Gasteiger partial charge in [-0.15, -0.1) is 0 Å². The highest BCUT2D eigenvalue weighted by Crippen LogP contribution is 2.55. The highest BCUT2D eigenvalue weighted by atomic mass is 32.2. The molecule has 0 saturated heterocycles. The molecule has 2 aromatic rings. The van der Waals surface area contributed by atoms with Crippen molar-refractivity contribution in [2.45, 2.75) is 36.7 Å². The summed E-state index contributed by atoms with van der Waals surface area (Å²) in [5.74, 6) is 0.274. The van der Waals surface area contributed by atoms with Gasteiger partial charge in [-0.3, -0.25) is 14.0 Å². The van der Waals surface area contributed by atoms with E-state index in [0.29, 0.717) is 29.0 Å². The third kappa shape index (κ3) is 3.83. The highest BCUT2D eigenvalue weighted by Gasteiger charge is 2.56. The molecule has 2 bridgehead atoms. The summed E-state index contributed by atoms with van der Waals surface area (Å²) in [6.45, 7) is 0.340. The van der Waals surface area contributed by atoms with Crippen LogP contribution in [0.4, 0.5) is 10.1 Å². The normalized spacial score (nSPS) is 27.2. The topological polar surface area (TPSA) is 82.0 Å². The molecule has 2 fully saturated rings. The Labute approximate surface area is 201 Å². The average Bonchev–Trinajstić information content (AvgIpc) is 3.45. The SMILES string of the molecule is CN=C(Nc1ccccc1S(C)=O)C1=C(O)[C@@H]2[C@H]3CC[C@H](C3)[C@@H]2N(Cc2ccc(F)cc2)C1=O. The van der Waals surface area contributed by atoms with Gasteiger partial charge in [0, 0.05) is 31.8 Å². The molecule has 1 amide bonds. The Bertz CT molecular complexity index is 1210. The number of fused-ring (bicyclic) bond motifs is 5. The number of amidine groups is 1. The van der Waals surface area contributed by atoms with Gasteiger partial charge >= 0.3 is 0 Å². The Morgan fingerprint density at radius 2 is 1.88 bits per heavy atom. The van der Waals surface area contributed by atoms with E-state index >= 15 is 0 Å². The van der Waals surface area contributed by atoms with Gasteiger partial charge in [0.15, 0.2) is 0 Å². The Hall–Kier alpha value is -3.00. The molecule has 2 aliphatic carbocycles. The summed E-state index contributed by atoms with van der Waals surface area (Å²) in [6.07, 6.45) is 4.66. The zero-order valence-corrected chi connectivity index (χ0v) is 20.0. The fraction of sp³-hybridized carbons (Fsp3) is 0.385. The van der Waals surface area contributed by atoms with Crippen LogP contribution in [0, 0.1) is 23.6 Å². The van der Waals surface area contributed by atoms with E-state index in [-0.39, 0.29) is 40.9 Å². The molecule has 1 aliphatic heterocycles. The average molecular weight is 482 g/mol. The lowest BCUT2D eigenvalue weighted by Gasteiger charge is -2.44. The summed E-state index contributed by atoms with van der Waals surface area (Å²) < 4.78 is 25.7. The van der Waals surface area contributed by atoms with Crippen molar-refractivity contribution >= 4 is 28.2 Å². The van der Waals surface area contributed by atoms with Gasteiger partial charge in [0.1, 0.15) is 23.0 Å². The number of anilines is 1. The van der Waals surface area contributed by atoms with Crippen LogP contribution in [0.2, 0.25) is 0 Å². The molecular formula is C26H28FN3O3S. The standard InChI is InChI=1S/C26H28FN3O3S/c1-28-25(29-19-5-3-4-6-20(19)34(2)33)22-24(31)21-16-9-10-17(13-16)23(21)30(26(22)32)14-15-7-11-18(27)12-8-15/h3-8,11-12,16-17,21,23,31H,9-10,13-14H2,1-2H3,(H,28,29)/t16-,17+,21+,23-,34?/m0/s1. The van der Waals surface area contributed by atoms with E-state index in [4.69, 9.17) is 0 Å². The highest BCUT2D eigenvalue weighted by molar-refractivity contribution is 7.84. The molecule has 0 spiro atoms. The largest absolute Gasteiger partial charge is 0.511 e. The lowest BCUT2D eigenvalue weighted by Crippen LogP contribution is -2.53. The van der Waals surface area contributed by atoms with Gasteiger partial charge in [-0.2, -0.15) is 0 Å².